The fourth-order valence-electron chi connectivity index (χ4n) is 8.16. The van der Waals surface area contributed by atoms with Crippen LogP contribution in [0.15, 0.2) is 146 Å². The largest absolute Gasteiger partial charge is 0.215 e. The zero-order valence-corrected chi connectivity index (χ0v) is 41.6. The molecule has 0 atom stereocenters. The van der Waals surface area contributed by atoms with Crippen LogP contribution >= 0.6 is 0 Å². The summed E-state index contributed by atoms with van der Waals surface area (Å²) in [6, 6.07) is 47.5. The molecule has 0 radical (unpaired) electrons. The van der Waals surface area contributed by atoms with Gasteiger partial charge < -0.3 is 0 Å². The van der Waals surface area contributed by atoms with Gasteiger partial charge in [-0.2, -0.15) is 9.13 Å². The monoisotopic (exact) mass is 849 g/mol. The molecule has 0 N–H and O–H groups in total. The molecule has 0 aliphatic carbocycles. The third-order valence-electron chi connectivity index (χ3n) is 12.8. The Balaban J connectivity index is 0.000000161. The summed E-state index contributed by atoms with van der Waals surface area (Å²) in [5.41, 5.74) is 26.4. The first kappa shape index (κ1) is 48.5. The lowest BCUT2D eigenvalue weighted by molar-refractivity contribution is -0.667. The average molecular weight is 849 g/mol. The van der Waals surface area contributed by atoms with Crippen LogP contribution < -0.4 is 18.3 Å². The molecule has 0 unspecified atom stereocenters. The van der Waals surface area contributed by atoms with Crippen LogP contribution in [0.1, 0.15) is 67.0 Å². The summed E-state index contributed by atoms with van der Waals surface area (Å²) in [7, 11) is 8.45. The van der Waals surface area contributed by atoms with E-state index in [2.05, 4.69) is 275 Å². The normalized spacial score (nSPS) is 10.5. The standard InChI is InChI=1S/4C15H18N/c2*1-11-8-9-16(4)15(10-11)14-7-5-6-12(2)13(14)3;2*1-11-7-5-6-8-14(11)15-12(2)9-10-13(3)16(15)4/h4*5-10H,1-4H3/q4*+1. The van der Waals surface area contributed by atoms with Crippen molar-refractivity contribution in [2.45, 2.75) is 83.1 Å². The highest BCUT2D eigenvalue weighted by atomic mass is 15.0. The fourth-order valence-corrected chi connectivity index (χ4v) is 8.16. The van der Waals surface area contributed by atoms with Crippen LogP contribution in [-0.4, -0.2) is 0 Å². The van der Waals surface area contributed by atoms with Crippen LogP contribution in [0.2, 0.25) is 0 Å². The van der Waals surface area contributed by atoms with Gasteiger partial charge in [0.2, 0.25) is 22.8 Å². The molecule has 8 aromatic rings. The van der Waals surface area contributed by atoms with Gasteiger partial charge in [-0.3, -0.25) is 0 Å². The van der Waals surface area contributed by atoms with Gasteiger partial charge >= 0.3 is 0 Å². The minimum absolute atomic E-state index is 1.28. The van der Waals surface area contributed by atoms with E-state index in [0.29, 0.717) is 0 Å². The van der Waals surface area contributed by atoms with Gasteiger partial charge in [0.15, 0.2) is 23.8 Å². The molecule has 0 amide bonds. The third kappa shape index (κ3) is 11.5. The molecule has 0 aliphatic rings. The van der Waals surface area contributed by atoms with E-state index in [1.165, 1.54) is 112 Å². The van der Waals surface area contributed by atoms with E-state index in [9.17, 15) is 0 Å². The van der Waals surface area contributed by atoms with Crippen LogP contribution in [0.5, 0.6) is 0 Å². The average Bonchev–Trinajstić information content (AvgIpc) is 3.27. The Morgan fingerprint density at radius 2 is 0.625 bits per heavy atom. The van der Waals surface area contributed by atoms with E-state index in [-0.39, 0.29) is 0 Å². The molecule has 4 aromatic carbocycles. The van der Waals surface area contributed by atoms with Crippen molar-refractivity contribution in [1.29, 1.82) is 0 Å². The second-order valence-electron chi connectivity index (χ2n) is 17.7. The van der Waals surface area contributed by atoms with Crippen molar-refractivity contribution in [2.24, 2.45) is 28.2 Å². The van der Waals surface area contributed by atoms with Crippen molar-refractivity contribution < 1.29 is 18.3 Å². The Kier molecular flexibility index (Phi) is 16.5. The maximum atomic E-state index is 2.26. The molecule has 0 saturated heterocycles. The summed E-state index contributed by atoms with van der Waals surface area (Å²) in [5, 5.41) is 0. The molecule has 0 spiro atoms. The van der Waals surface area contributed by atoms with Gasteiger partial charge in [-0.1, -0.05) is 60.7 Å². The number of pyridine rings is 4. The SMILES string of the molecule is Cc1cc[n+](C)c(-c2cccc(C)c2C)c1.Cc1cc[n+](C)c(-c2cccc(C)c2C)c1.Cc1ccccc1-c1c(C)ccc(C)[n+]1C.Cc1ccccc1-c1c(C)ccc(C)[n+]1C. The van der Waals surface area contributed by atoms with Gasteiger partial charge in [-0.25, -0.2) is 9.13 Å². The lowest BCUT2D eigenvalue weighted by atomic mass is 9.99. The maximum Gasteiger partial charge on any atom is 0.215 e. The van der Waals surface area contributed by atoms with Crippen LogP contribution in [0, 0.1) is 83.1 Å². The molecule has 64 heavy (non-hydrogen) atoms. The van der Waals surface area contributed by atoms with Gasteiger partial charge in [0, 0.05) is 83.6 Å². The molecule has 0 fully saturated rings. The summed E-state index contributed by atoms with van der Waals surface area (Å²) >= 11 is 0. The smallest absolute Gasteiger partial charge is 0.201 e. The Bertz CT molecular complexity index is 2700. The van der Waals surface area contributed by atoms with E-state index in [1.54, 1.807) is 0 Å². The lowest BCUT2D eigenvalue weighted by Gasteiger charge is -2.08. The number of rotatable bonds is 4. The second kappa shape index (κ2) is 21.7. The third-order valence-corrected chi connectivity index (χ3v) is 12.8. The van der Waals surface area contributed by atoms with Gasteiger partial charge in [0.1, 0.15) is 28.2 Å². The van der Waals surface area contributed by atoms with Crippen LogP contribution in [0.4, 0.5) is 0 Å². The predicted molar refractivity (Wildman–Crippen MR) is 269 cm³/mol. The molecule has 0 saturated carbocycles. The number of benzene rings is 4. The van der Waals surface area contributed by atoms with Gasteiger partial charge in [0.05, 0.1) is 0 Å². The fraction of sp³-hybridized carbons (Fsp3) is 0.267. The van der Waals surface area contributed by atoms with Crippen molar-refractivity contribution in [1.82, 2.24) is 0 Å². The van der Waals surface area contributed by atoms with Crippen molar-refractivity contribution in [3.8, 4) is 45.0 Å². The van der Waals surface area contributed by atoms with Crippen LogP contribution in [0.3, 0.4) is 0 Å². The van der Waals surface area contributed by atoms with Gasteiger partial charge in [-0.05, 0) is 150 Å². The van der Waals surface area contributed by atoms with Gasteiger partial charge in [-0.15, -0.1) is 0 Å². The summed E-state index contributed by atoms with van der Waals surface area (Å²) in [5.74, 6) is 0. The Morgan fingerprint density at radius 1 is 0.297 bits per heavy atom. The van der Waals surface area contributed by atoms with E-state index < -0.39 is 0 Å². The highest BCUT2D eigenvalue weighted by Crippen LogP contribution is 2.26. The zero-order chi connectivity index (χ0) is 46.8. The van der Waals surface area contributed by atoms with Crippen LogP contribution in [-0.2, 0) is 28.2 Å². The second-order valence-corrected chi connectivity index (χ2v) is 17.7. The molecule has 4 heterocycles. The number of aromatic nitrogens is 4. The molecule has 4 aromatic heterocycles. The van der Waals surface area contributed by atoms with E-state index >= 15 is 0 Å². The van der Waals surface area contributed by atoms with Crippen molar-refractivity contribution in [3.63, 3.8) is 0 Å². The molecular formula is C60H72N4+4. The quantitative estimate of drug-likeness (QED) is 0.157. The minimum atomic E-state index is 1.28. The Hall–Kier alpha value is -6.52. The maximum absolute atomic E-state index is 2.26. The van der Waals surface area contributed by atoms with Crippen molar-refractivity contribution in [2.75, 3.05) is 0 Å². The van der Waals surface area contributed by atoms with Gasteiger partial charge in [0.25, 0.3) is 0 Å². The lowest BCUT2D eigenvalue weighted by Crippen LogP contribution is -2.35. The highest BCUT2D eigenvalue weighted by Gasteiger charge is 2.19. The van der Waals surface area contributed by atoms with E-state index in [0.717, 1.165) is 0 Å². The minimum Gasteiger partial charge on any atom is -0.201 e. The summed E-state index contributed by atoms with van der Waals surface area (Å²) in [6.45, 7) is 25.9. The first-order valence-electron chi connectivity index (χ1n) is 22.5. The summed E-state index contributed by atoms with van der Waals surface area (Å²) in [4.78, 5) is 0. The molecule has 0 aliphatic heterocycles. The molecule has 4 nitrogen and oxygen atoms in total. The number of hydrogen-bond donors (Lipinski definition) is 0. The number of nitrogens with zero attached hydrogens (tertiary/aromatic N) is 4. The molecule has 4 heteroatoms. The van der Waals surface area contributed by atoms with Crippen molar-refractivity contribution >= 4 is 0 Å². The zero-order valence-electron chi connectivity index (χ0n) is 41.6. The summed E-state index contributed by atoms with van der Waals surface area (Å²) < 4.78 is 8.87. The molecule has 328 valence electrons. The number of hydrogen-bond acceptors (Lipinski definition) is 0. The van der Waals surface area contributed by atoms with Crippen LogP contribution in [0.25, 0.3) is 45.0 Å². The van der Waals surface area contributed by atoms with Crippen molar-refractivity contribution in [3.05, 3.63) is 213 Å². The number of aryl methyl sites for hydroxylation is 12. The van der Waals surface area contributed by atoms with E-state index in [4.69, 9.17) is 0 Å². The van der Waals surface area contributed by atoms with E-state index in [1.807, 2.05) is 0 Å². The molecule has 8 rings (SSSR count). The topological polar surface area (TPSA) is 15.5 Å². The molecule has 0 bridgehead atoms. The Morgan fingerprint density at radius 3 is 0.984 bits per heavy atom. The molecular weight excluding hydrogens is 777 g/mol. The highest BCUT2D eigenvalue weighted by molar-refractivity contribution is 5.66. The summed E-state index contributed by atoms with van der Waals surface area (Å²) in [6.07, 6.45) is 4.24. The first-order chi connectivity index (χ1) is 30.4. The predicted octanol–water partition coefficient (Wildman–Crippen LogP) is 12.4. The Labute approximate surface area is 385 Å². The first-order valence-corrected chi connectivity index (χ1v) is 22.5.